The van der Waals surface area contributed by atoms with Crippen LogP contribution in [0.25, 0.3) is 5.57 Å². The Morgan fingerprint density at radius 1 is 0.889 bits per heavy atom. The molecule has 45 heavy (non-hydrogen) atoms. The fourth-order valence-electron chi connectivity index (χ4n) is 5.63. The van der Waals surface area contributed by atoms with Crippen LogP contribution in [-0.4, -0.2) is 38.3 Å². The predicted molar refractivity (Wildman–Crippen MR) is 171 cm³/mol. The average Bonchev–Trinajstić information content (AvgIpc) is 3.26. The summed E-state index contributed by atoms with van der Waals surface area (Å²) in [6, 6.07) is 15.8. The number of esters is 2. The van der Waals surface area contributed by atoms with Gasteiger partial charge in [0, 0.05) is 35.4 Å². The van der Waals surface area contributed by atoms with Crippen LogP contribution in [0.1, 0.15) is 59.0 Å². The second-order valence-corrected chi connectivity index (χ2v) is 11.6. The molecular weight excluding hydrogens is 573 g/mol. The van der Waals surface area contributed by atoms with Gasteiger partial charge in [0.05, 0.1) is 30.9 Å². The molecule has 0 spiro atoms. The smallest absolute Gasteiger partial charge is 0.343 e. The molecule has 3 aromatic carbocycles. The van der Waals surface area contributed by atoms with Gasteiger partial charge in [0.25, 0.3) is 0 Å². The molecule has 1 N–H and O–H groups in total. The molecule has 2 aliphatic rings. The third kappa shape index (κ3) is 7.01. The molecule has 0 fully saturated rings. The van der Waals surface area contributed by atoms with Crippen molar-refractivity contribution in [3.05, 3.63) is 129 Å². The minimum absolute atomic E-state index is 0.194. The molecule has 0 saturated carbocycles. The molecule has 0 aromatic heterocycles. The summed E-state index contributed by atoms with van der Waals surface area (Å²) in [5.74, 6) is -0.176. The van der Waals surface area contributed by atoms with Gasteiger partial charge in [0.15, 0.2) is 0 Å². The molecule has 1 aliphatic carbocycles. The second kappa shape index (κ2) is 12.9. The van der Waals surface area contributed by atoms with Crippen molar-refractivity contribution in [1.29, 1.82) is 0 Å². The highest BCUT2D eigenvalue weighted by molar-refractivity contribution is 5.94. The Morgan fingerprint density at radius 3 is 2.29 bits per heavy atom. The molecule has 3 aromatic rings. The fourth-order valence-corrected chi connectivity index (χ4v) is 5.63. The molecule has 7 nitrogen and oxygen atoms in total. The van der Waals surface area contributed by atoms with E-state index in [9.17, 15) is 14.0 Å². The van der Waals surface area contributed by atoms with Gasteiger partial charge in [-0.15, -0.1) is 0 Å². The zero-order valence-electron chi connectivity index (χ0n) is 26.2. The van der Waals surface area contributed by atoms with E-state index in [4.69, 9.17) is 18.9 Å². The Hall–Kier alpha value is -5.11. The first-order chi connectivity index (χ1) is 21.5. The van der Waals surface area contributed by atoms with Crippen molar-refractivity contribution in [2.45, 2.75) is 39.7 Å². The van der Waals surface area contributed by atoms with Gasteiger partial charge >= 0.3 is 11.9 Å². The van der Waals surface area contributed by atoms with Crippen molar-refractivity contribution in [2.75, 3.05) is 20.8 Å². The normalized spacial score (nSPS) is 15.4. The van der Waals surface area contributed by atoms with E-state index in [1.54, 1.807) is 25.3 Å². The first-order valence-electron chi connectivity index (χ1n) is 14.6. The molecule has 8 heteroatoms. The van der Waals surface area contributed by atoms with Crippen LogP contribution in [0.2, 0.25) is 0 Å². The lowest BCUT2D eigenvalue weighted by Crippen LogP contribution is -2.35. The molecule has 0 amide bonds. The van der Waals surface area contributed by atoms with E-state index in [-0.39, 0.29) is 23.5 Å². The van der Waals surface area contributed by atoms with E-state index in [0.29, 0.717) is 29.2 Å². The summed E-state index contributed by atoms with van der Waals surface area (Å²) in [6.07, 6.45) is 6.97. The molecule has 0 saturated heterocycles. The van der Waals surface area contributed by atoms with Gasteiger partial charge in [0.2, 0.25) is 0 Å². The van der Waals surface area contributed by atoms with Crippen LogP contribution in [0, 0.1) is 12.7 Å². The molecule has 2 bridgehead atoms. The number of fused-ring (bicyclic) bond motifs is 2. The number of rotatable bonds is 8. The summed E-state index contributed by atoms with van der Waals surface area (Å²) < 4.78 is 36.6. The number of carbonyl (C=O) groups excluding carboxylic acids is 2. The van der Waals surface area contributed by atoms with Crippen LogP contribution < -0.4 is 19.5 Å². The van der Waals surface area contributed by atoms with Crippen molar-refractivity contribution >= 4 is 17.5 Å². The maximum atomic E-state index is 14.1. The summed E-state index contributed by atoms with van der Waals surface area (Å²) in [5.41, 5.74) is 7.04. The maximum absolute atomic E-state index is 14.1. The molecule has 0 atom stereocenters. The first kappa shape index (κ1) is 31.3. The monoisotopic (exact) mass is 609 g/mol. The number of allylic oxidation sites excluding steroid dienone is 4. The van der Waals surface area contributed by atoms with E-state index in [1.807, 2.05) is 19.1 Å². The number of hydrogen-bond donors (Lipinski definition) is 1. The quantitative estimate of drug-likeness (QED) is 0.209. The maximum Gasteiger partial charge on any atom is 0.343 e. The highest BCUT2D eigenvalue weighted by Crippen LogP contribution is 2.41. The molecular formula is C37H36FNO6. The lowest BCUT2D eigenvalue weighted by atomic mass is 9.89. The number of hydrogen-bond acceptors (Lipinski definition) is 7. The number of aryl methyl sites for hydroxylation is 1. The third-order valence-corrected chi connectivity index (χ3v) is 7.78. The molecule has 0 radical (unpaired) electrons. The van der Waals surface area contributed by atoms with Gasteiger partial charge < -0.3 is 24.3 Å². The number of ether oxygens (including phenoxy) is 4. The minimum Gasteiger partial charge on any atom is -0.496 e. The second-order valence-electron chi connectivity index (χ2n) is 11.6. The highest BCUT2D eigenvalue weighted by Gasteiger charge is 2.28. The summed E-state index contributed by atoms with van der Waals surface area (Å²) >= 11 is 0. The Balaban J connectivity index is 1.51. The predicted octanol–water partition coefficient (Wildman–Crippen LogP) is 7.52. The van der Waals surface area contributed by atoms with Gasteiger partial charge in [-0.25, -0.2) is 14.0 Å². The molecule has 1 aliphatic heterocycles. The van der Waals surface area contributed by atoms with Crippen LogP contribution in [0.15, 0.2) is 101 Å². The van der Waals surface area contributed by atoms with Crippen molar-refractivity contribution in [3.8, 4) is 17.2 Å². The van der Waals surface area contributed by atoms with E-state index in [1.165, 1.54) is 43.5 Å². The van der Waals surface area contributed by atoms with Gasteiger partial charge in [-0.3, -0.25) is 0 Å². The Bertz CT molecular complexity index is 1780. The van der Waals surface area contributed by atoms with E-state index in [2.05, 4.69) is 38.2 Å². The lowest BCUT2D eigenvalue weighted by molar-refractivity contribution is 0.0599. The van der Waals surface area contributed by atoms with E-state index < -0.39 is 11.9 Å². The first-order valence-corrected chi connectivity index (χ1v) is 14.6. The van der Waals surface area contributed by atoms with E-state index in [0.717, 1.165) is 39.1 Å². The average molecular weight is 610 g/mol. The number of methoxy groups -OCH3 is 2. The largest absolute Gasteiger partial charge is 0.496 e. The molecule has 232 valence electrons. The Kier molecular flexibility index (Phi) is 8.95. The Morgan fingerprint density at radius 2 is 1.60 bits per heavy atom. The summed E-state index contributed by atoms with van der Waals surface area (Å²) in [7, 11) is 2.86. The SMILES string of the molecule is COC(=O)c1ccc(C(=O)Oc2ccc(C3=CC=C4CC(=C3COc3cc(F)ccc3C)C(C)=CC(C)(C)N4)c(OC)c2)cc1. The van der Waals surface area contributed by atoms with Gasteiger partial charge in [-0.2, -0.15) is 0 Å². The highest BCUT2D eigenvalue weighted by atomic mass is 19.1. The number of benzene rings is 3. The van der Waals surface area contributed by atoms with Gasteiger partial charge in [-0.05, 0) is 98.5 Å². The number of halogens is 1. The lowest BCUT2D eigenvalue weighted by Gasteiger charge is -2.24. The number of nitrogens with one attached hydrogen (secondary N) is 1. The molecule has 5 rings (SSSR count). The molecule has 1 heterocycles. The van der Waals surface area contributed by atoms with Crippen molar-refractivity contribution in [2.24, 2.45) is 0 Å². The van der Waals surface area contributed by atoms with Crippen LogP contribution in [0.3, 0.4) is 0 Å². The van der Waals surface area contributed by atoms with Gasteiger partial charge in [-0.1, -0.05) is 18.2 Å². The number of carbonyl (C=O) groups is 2. The van der Waals surface area contributed by atoms with Crippen LogP contribution in [0.5, 0.6) is 17.2 Å². The van der Waals surface area contributed by atoms with Crippen LogP contribution in [0.4, 0.5) is 4.39 Å². The third-order valence-electron chi connectivity index (χ3n) is 7.78. The van der Waals surface area contributed by atoms with Crippen LogP contribution >= 0.6 is 0 Å². The topological polar surface area (TPSA) is 83.1 Å². The summed E-state index contributed by atoms with van der Waals surface area (Å²) in [4.78, 5) is 24.6. The fraction of sp³-hybridized carbons (Fsp3) is 0.243. The zero-order valence-corrected chi connectivity index (χ0v) is 26.2. The zero-order chi connectivity index (χ0) is 32.3. The van der Waals surface area contributed by atoms with E-state index >= 15 is 0 Å². The van der Waals surface area contributed by atoms with Crippen molar-refractivity contribution in [3.63, 3.8) is 0 Å². The van der Waals surface area contributed by atoms with Gasteiger partial charge in [0.1, 0.15) is 29.7 Å². The Labute approximate surface area is 262 Å². The van der Waals surface area contributed by atoms with Crippen molar-refractivity contribution in [1.82, 2.24) is 5.32 Å². The van der Waals surface area contributed by atoms with Crippen molar-refractivity contribution < 1.29 is 32.9 Å². The minimum atomic E-state index is -0.583. The summed E-state index contributed by atoms with van der Waals surface area (Å²) in [6.45, 7) is 8.43. The summed E-state index contributed by atoms with van der Waals surface area (Å²) in [5, 5.41) is 3.63. The van der Waals surface area contributed by atoms with Crippen LogP contribution in [-0.2, 0) is 4.74 Å². The standard InChI is InChI=1S/C37H36FNO6/c1-22-7-12-26(38)17-33(22)44-21-32-29(15-13-27-18-31(32)23(2)20-37(3,4)39-27)30-16-14-28(19-34(30)42-5)45-36(41)25-10-8-24(9-11-25)35(40)43-6/h7-17,19-20,39H,18,21H2,1-6H3. The molecule has 0 unspecified atom stereocenters.